The maximum atomic E-state index is 12.0. The van der Waals surface area contributed by atoms with Crippen LogP contribution in [0.25, 0.3) is 0 Å². The number of hydrogen-bond donors (Lipinski definition) is 2. The highest BCUT2D eigenvalue weighted by atomic mass is 32.2. The van der Waals surface area contributed by atoms with Crippen LogP contribution in [0.2, 0.25) is 0 Å². The van der Waals surface area contributed by atoms with E-state index in [1.54, 1.807) is 6.92 Å². The second-order valence-electron chi connectivity index (χ2n) is 4.07. The van der Waals surface area contributed by atoms with E-state index in [4.69, 9.17) is 12.2 Å². The van der Waals surface area contributed by atoms with Crippen LogP contribution in [-0.2, 0) is 16.6 Å². The van der Waals surface area contributed by atoms with Gasteiger partial charge in [-0.15, -0.1) is 12.3 Å². The van der Waals surface area contributed by atoms with E-state index in [9.17, 15) is 8.42 Å². The smallest absolute Gasteiger partial charge is 0.246 e. The van der Waals surface area contributed by atoms with Crippen LogP contribution in [0, 0.1) is 12.3 Å². The number of nitrogens with zero attached hydrogens (tertiary/aromatic N) is 2. The van der Waals surface area contributed by atoms with Gasteiger partial charge in [0.2, 0.25) is 10.0 Å². The summed E-state index contributed by atoms with van der Waals surface area (Å²) in [6.07, 6.45) is 7.74. The van der Waals surface area contributed by atoms with Crippen molar-refractivity contribution in [3.63, 3.8) is 0 Å². The maximum absolute atomic E-state index is 12.0. The van der Waals surface area contributed by atoms with Crippen LogP contribution in [-0.4, -0.2) is 24.2 Å². The van der Waals surface area contributed by atoms with Crippen LogP contribution in [0.1, 0.15) is 26.7 Å². The minimum atomic E-state index is -3.66. The number of aromatic nitrogens is 2. The zero-order valence-electron chi connectivity index (χ0n) is 10.5. The van der Waals surface area contributed by atoms with Crippen molar-refractivity contribution < 1.29 is 8.42 Å². The van der Waals surface area contributed by atoms with E-state index in [1.165, 1.54) is 10.9 Å². The van der Waals surface area contributed by atoms with Crippen molar-refractivity contribution in [3.05, 3.63) is 6.20 Å². The fraction of sp³-hybridized carbons (Fsp3) is 0.545. The molecule has 0 aromatic carbocycles. The Kier molecular flexibility index (Phi) is 4.76. The molecule has 1 aromatic heterocycles. The van der Waals surface area contributed by atoms with Crippen LogP contribution in [0.15, 0.2) is 11.1 Å². The van der Waals surface area contributed by atoms with Crippen LogP contribution < -0.4 is 10.5 Å². The minimum Gasteiger partial charge on any atom is -0.381 e. The van der Waals surface area contributed by atoms with Gasteiger partial charge in [-0.2, -0.15) is 5.10 Å². The van der Waals surface area contributed by atoms with E-state index in [-0.39, 0.29) is 16.8 Å². The van der Waals surface area contributed by atoms with Gasteiger partial charge in [0.1, 0.15) is 4.90 Å². The van der Waals surface area contributed by atoms with Gasteiger partial charge in [-0.25, -0.2) is 13.1 Å². The molecule has 0 fully saturated rings. The summed E-state index contributed by atoms with van der Waals surface area (Å²) in [5, 5.41) is 3.95. The molecule has 3 N–H and O–H groups in total. The number of terminal acetylenes is 1. The number of hydrogen-bond acceptors (Lipinski definition) is 4. The van der Waals surface area contributed by atoms with Crippen molar-refractivity contribution in [2.24, 2.45) is 0 Å². The predicted molar refractivity (Wildman–Crippen MR) is 70.2 cm³/mol. The molecule has 0 aliphatic heterocycles. The quantitative estimate of drug-likeness (QED) is 0.739. The Morgan fingerprint density at radius 1 is 1.67 bits per heavy atom. The maximum Gasteiger partial charge on any atom is 0.246 e. The number of rotatable bonds is 6. The normalized spacial score (nSPS) is 13.2. The number of nitrogen functional groups attached to an aromatic ring is 1. The Hall–Kier alpha value is -1.52. The molecule has 1 unspecified atom stereocenters. The largest absolute Gasteiger partial charge is 0.381 e. The standard InChI is InChI=1S/C11H18N4O2S/c1-4-6-9(3)14-18(16,17)10-8-15(7-5-2)13-11(10)12/h1,8-9,14H,5-7H2,2-3H3,(H2,12,13). The van der Waals surface area contributed by atoms with Gasteiger partial charge >= 0.3 is 0 Å². The van der Waals surface area contributed by atoms with Crippen molar-refractivity contribution in [3.8, 4) is 12.3 Å². The first kappa shape index (κ1) is 14.5. The van der Waals surface area contributed by atoms with Gasteiger partial charge in [-0.05, 0) is 13.3 Å². The van der Waals surface area contributed by atoms with Crippen LogP contribution in [0.5, 0.6) is 0 Å². The second-order valence-corrected chi connectivity index (χ2v) is 5.75. The summed E-state index contributed by atoms with van der Waals surface area (Å²) >= 11 is 0. The highest BCUT2D eigenvalue weighted by Crippen LogP contribution is 2.16. The van der Waals surface area contributed by atoms with Crippen molar-refractivity contribution in [2.45, 2.75) is 44.2 Å². The Morgan fingerprint density at radius 2 is 2.33 bits per heavy atom. The van der Waals surface area contributed by atoms with Gasteiger partial charge in [0.15, 0.2) is 5.82 Å². The highest BCUT2D eigenvalue weighted by Gasteiger charge is 2.22. The molecule has 1 rings (SSSR count). The fourth-order valence-corrected chi connectivity index (χ4v) is 2.83. The molecular formula is C11H18N4O2S. The molecule has 1 heterocycles. The lowest BCUT2D eigenvalue weighted by Gasteiger charge is -2.10. The summed E-state index contributed by atoms with van der Waals surface area (Å²) in [5.41, 5.74) is 5.62. The Bertz CT molecular complexity index is 542. The van der Waals surface area contributed by atoms with Gasteiger partial charge < -0.3 is 5.73 Å². The first-order valence-corrected chi connectivity index (χ1v) is 7.17. The lowest BCUT2D eigenvalue weighted by molar-refractivity contribution is 0.562. The molecule has 0 spiro atoms. The monoisotopic (exact) mass is 270 g/mol. The van der Waals surface area contributed by atoms with E-state index in [0.717, 1.165) is 6.42 Å². The van der Waals surface area contributed by atoms with Gasteiger partial charge in [0, 0.05) is 25.2 Å². The van der Waals surface area contributed by atoms with Crippen molar-refractivity contribution in [1.29, 1.82) is 0 Å². The molecule has 1 atom stereocenters. The first-order valence-electron chi connectivity index (χ1n) is 5.69. The molecule has 0 bridgehead atoms. The van der Waals surface area contributed by atoms with E-state index < -0.39 is 10.0 Å². The van der Waals surface area contributed by atoms with Crippen LogP contribution in [0.3, 0.4) is 0 Å². The lowest BCUT2D eigenvalue weighted by atomic mass is 10.3. The molecule has 0 aliphatic carbocycles. The molecular weight excluding hydrogens is 252 g/mol. The van der Waals surface area contributed by atoms with Crippen molar-refractivity contribution >= 4 is 15.8 Å². The summed E-state index contributed by atoms with van der Waals surface area (Å²) in [5.74, 6) is 2.41. The molecule has 0 aliphatic rings. The van der Waals surface area contributed by atoms with Gasteiger partial charge in [0.25, 0.3) is 0 Å². The van der Waals surface area contributed by atoms with Gasteiger partial charge in [-0.1, -0.05) is 6.92 Å². The third-order valence-corrected chi connectivity index (χ3v) is 3.88. The highest BCUT2D eigenvalue weighted by molar-refractivity contribution is 7.89. The minimum absolute atomic E-state index is 0.000165. The molecule has 0 saturated heterocycles. The molecule has 100 valence electrons. The second kappa shape index (κ2) is 5.89. The predicted octanol–water partition coefficient (Wildman–Crippen LogP) is 0.565. The van der Waals surface area contributed by atoms with Gasteiger partial charge in [-0.3, -0.25) is 4.68 Å². The Balaban J connectivity index is 2.95. The van der Waals surface area contributed by atoms with Crippen molar-refractivity contribution in [2.75, 3.05) is 5.73 Å². The topological polar surface area (TPSA) is 90.0 Å². The molecule has 7 heteroatoms. The molecule has 0 radical (unpaired) electrons. The third kappa shape index (κ3) is 3.48. The third-order valence-electron chi connectivity index (χ3n) is 2.28. The van der Waals surface area contributed by atoms with E-state index in [0.29, 0.717) is 13.0 Å². The Morgan fingerprint density at radius 3 is 2.89 bits per heavy atom. The molecule has 0 amide bonds. The molecule has 18 heavy (non-hydrogen) atoms. The summed E-state index contributed by atoms with van der Waals surface area (Å²) in [6.45, 7) is 4.29. The molecule has 0 saturated carbocycles. The van der Waals surface area contributed by atoms with Gasteiger partial charge in [0.05, 0.1) is 0 Å². The number of sulfonamides is 1. The van der Waals surface area contributed by atoms with E-state index >= 15 is 0 Å². The number of nitrogens with one attached hydrogen (secondary N) is 1. The lowest BCUT2D eigenvalue weighted by Crippen LogP contribution is -2.32. The van der Waals surface area contributed by atoms with E-state index in [2.05, 4.69) is 15.7 Å². The zero-order chi connectivity index (χ0) is 13.8. The van der Waals surface area contributed by atoms with Crippen LogP contribution in [0.4, 0.5) is 5.82 Å². The Labute approximate surface area is 108 Å². The average molecular weight is 270 g/mol. The SMILES string of the molecule is C#CCC(C)NS(=O)(=O)c1cn(CCC)nc1N. The zero-order valence-corrected chi connectivity index (χ0v) is 11.4. The summed E-state index contributed by atoms with van der Waals surface area (Å²) in [6, 6.07) is -0.339. The summed E-state index contributed by atoms with van der Waals surface area (Å²) < 4.78 is 28.1. The summed E-state index contributed by atoms with van der Waals surface area (Å²) in [4.78, 5) is -0.000165. The molecule has 1 aromatic rings. The molecule has 6 nitrogen and oxygen atoms in total. The van der Waals surface area contributed by atoms with E-state index in [1.807, 2.05) is 6.92 Å². The number of nitrogens with two attached hydrogens (primary N) is 1. The first-order chi connectivity index (χ1) is 8.40. The number of aryl methyl sites for hydroxylation is 1. The number of anilines is 1. The average Bonchev–Trinajstić information content (AvgIpc) is 2.60. The summed E-state index contributed by atoms with van der Waals surface area (Å²) in [7, 11) is -3.66. The fourth-order valence-electron chi connectivity index (χ4n) is 1.52. The van der Waals surface area contributed by atoms with Crippen LogP contribution >= 0.6 is 0 Å². The van der Waals surface area contributed by atoms with Crippen molar-refractivity contribution in [1.82, 2.24) is 14.5 Å².